The lowest BCUT2D eigenvalue weighted by Crippen LogP contribution is -2.14. The van der Waals surface area contributed by atoms with E-state index in [1.807, 2.05) is 6.20 Å². The van der Waals surface area contributed by atoms with Gasteiger partial charge in [0.05, 0.1) is 0 Å². The van der Waals surface area contributed by atoms with Crippen molar-refractivity contribution in [3.05, 3.63) is 28.3 Å². The summed E-state index contributed by atoms with van der Waals surface area (Å²) in [6, 6.07) is 0. The van der Waals surface area contributed by atoms with E-state index in [9.17, 15) is 0 Å². The fourth-order valence-electron chi connectivity index (χ4n) is 2.21. The Bertz CT molecular complexity index is 402. The zero-order chi connectivity index (χ0) is 10.7. The molecule has 1 heterocycles. The predicted molar refractivity (Wildman–Crippen MR) is 64.2 cm³/mol. The van der Waals surface area contributed by atoms with E-state index in [-0.39, 0.29) is 0 Å². The molecule has 0 aliphatic heterocycles. The number of aromatic nitrogens is 2. The largest absolute Gasteiger partial charge is 0.337 e. The molecule has 82 valence electrons. The van der Waals surface area contributed by atoms with Gasteiger partial charge in [-0.2, -0.15) is 0 Å². The molecular formula is C11H17N3S. The third-order valence-electron chi connectivity index (χ3n) is 2.98. The Morgan fingerprint density at radius 1 is 1.53 bits per heavy atom. The zero-order valence-electron chi connectivity index (χ0n) is 8.75. The van der Waals surface area contributed by atoms with Gasteiger partial charge < -0.3 is 15.7 Å². The lowest BCUT2D eigenvalue weighted by molar-refractivity contribution is 0.456. The van der Waals surface area contributed by atoms with Crippen LogP contribution in [0.3, 0.4) is 0 Å². The van der Waals surface area contributed by atoms with Crippen molar-refractivity contribution in [1.29, 1.82) is 0 Å². The summed E-state index contributed by atoms with van der Waals surface area (Å²) >= 11 is 5.00. The van der Waals surface area contributed by atoms with Crippen LogP contribution in [-0.4, -0.2) is 16.5 Å². The first-order valence-corrected chi connectivity index (χ1v) is 5.83. The lowest BCUT2D eigenvalue weighted by Gasteiger charge is -2.21. The van der Waals surface area contributed by atoms with Gasteiger partial charge in [-0.1, -0.05) is 11.6 Å². The molecular weight excluding hydrogens is 206 g/mol. The third-order valence-corrected chi connectivity index (χ3v) is 3.20. The second-order valence-electron chi connectivity index (χ2n) is 4.19. The normalized spacial score (nSPS) is 21.4. The maximum absolute atomic E-state index is 5.66. The minimum Gasteiger partial charge on any atom is -0.337 e. The van der Waals surface area contributed by atoms with Crippen LogP contribution in [0, 0.1) is 10.7 Å². The highest BCUT2D eigenvalue weighted by atomic mass is 32.1. The van der Waals surface area contributed by atoms with Gasteiger partial charge in [-0.15, -0.1) is 0 Å². The van der Waals surface area contributed by atoms with Crippen LogP contribution in [0.2, 0.25) is 0 Å². The average molecular weight is 223 g/mol. The van der Waals surface area contributed by atoms with E-state index in [2.05, 4.69) is 16.0 Å². The molecule has 0 aromatic carbocycles. The molecule has 0 bridgehead atoms. The number of aromatic amines is 2. The molecule has 1 aliphatic carbocycles. The molecule has 4 heteroatoms. The van der Waals surface area contributed by atoms with Gasteiger partial charge in [-0.05, 0) is 43.8 Å². The standard InChI is InChI=1S/C11H17N3S/c12-6-9-3-1-2-8(4-9)5-10-7-13-11(15)14-10/h3,7-8H,1-2,4-6,12H2,(H2,13,14,15). The molecule has 0 radical (unpaired) electrons. The Morgan fingerprint density at radius 2 is 2.40 bits per heavy atom. The zero-order valence-corrected chi connectivity index (χ0v) is 9.57. The summed E-state index contributed by atoms with van der Waals surface area (Å²) in [4.78, 5) is 6.17. The van der Waals surface area contributed by atoms with Crippen molar-refractivity contribution in [3.63, 3.8) is 0 Å². The van der Waals surface area contributed by atoms with Crippen molar-refractivity contribution < 1.29 is 0 Å². The predicted octanol–water partition coefficient (Wildman–Crippen LogP) is 2.30. The van der Waals surface area contributed by atoms with Gasteiger partial charge in [0.15, 0.2) is 4.77 Å². The number of imidazole rings is 1. The highest BCUT2D eigenvalue weighted by Crippen LogP contribution is 2.25. The highest BCUT2D eigenvalue weighted by molar-refractivity contribution is 7.71. The first-order valence-electron chi connectivity index (χ1n) is 5.42. The van der Waals surface area contributed by atoms with E-state index < -0.39 is 0 Å². The maximum Gasteiger partial charge on any atom is 0.174 e. The number of nitrogens with one attached hydrogen (secondary N) is 2. The Balaban J connectivity index is 1.96. The van der Waals surface area contributed by atoms with E-state index in [0.717, 1.165) is 23.5 Å². The van der Waals surface area contributed by atoms with Crippen LogP contribution >= 0.6 is 12.2 Å². The number of nitrogens with two attached hydrogens (primary N) is 1. The number of hydrogen-bond donors (Lipinski definition) is 3. The van der Waals surface area contributed by atoms with Crippen LogP contribution in [0.25, 0.3) is 0 Å². The molecule has 3 nitrogen and oxygen atoms in total. The summed E-state index contributed by atoms with van der Waals surface area (Å²) in [6.45, 7) is 0.708. The van der Waals surface area contributed by atoms with Crippen LogP contribution in [0.4, 0.5) is 0 Å². The molecule has 1 aromatic rings. The van der Waals surface area contributed by atoms with E-state index in [4.69, 9.17) is 18.0 Å². The topological polar surface area (TPSA) is 57.6 Å². The molecule has 0 saturated heterocycles. The quantitative estimate of drug-likeness (QED) is 0.544. The Labute approximate surface area is 94.8 Å². The molecule has 4 N–H and O–H groups in total. The van der Waals surface area contributed by atoms with Crippen molar-refractivity contribution in [2.45, 2.75) is 25.7 Å². The maximum atomic E-state index is 5.66. The molecule has 0 amide bonds. The highest BCUT2D eigenvalue weighted by Gasteiger charge is 2.15. The second kappa shape index (κ2) is 4.77. The summed E-state index contributed by atoms with van der Waals surface area (Å²) < 4.78 is 0.718. The van der Waals surface area contributed by atoms with E-state index in [1.54, 1.807) is 0 Å². The van der Waals surface area contributed by atoms with E-state index >= 15 is 0 Å². The van der Waals surface area contributed by atoms with Crippen molar-refractivity contribution >= 4 is 12.2 Å². The van der Waals surface area contributed by atoms with Crippen LogP contribution in [0.1, 0.15) is 25.0 Å². The Hall–Kier alpha value is -0.870. The van der Waals surface area contributed by atoms with Gasteiger partial charge in [-0.25, -0.2) is 0 Å². The Kier molecular flexibility index (Phi) is 3.38. The monoisotopic (exact) mass is 223 g/mol. The van der Waals surface area contributed by atoms with Gasteiger partial charge in [0, 0.05) is 18.4 Å². The lowest BCUT2D eigenvalue weighted by atomic mass is 9.86. The number of rotatable bonds is 3. The van der Waals surface area contributed by atoms with Crippen LogP contribution in [-0.2, 0) is 6.42 Å². The van der Waals surface area contributed by atoms with Crippen molar-refractivity contribution in [2.75, 3.05) is 6.54 Å². The minimum absolute atomic E-state index is 0.708. The summed E-state index contributed by atoms with van der Waals surface area (Å²) in [5.41, 5.74) is 8.28. The van der Waals surface area contributed by atoms with Crippen molar-refractivity contribution in [2.24, 2.45) is 11.7 Å². The summed E-state index contributed by atoms with van der Waals surface area (Å²) in [5, 5.41) is 0. The number of allylic oxidation sites excluding steroid dienone is 1. The smallest absolute Gasteiger partial charge is 0.174 e. The summed E-state index contributed by atoms with van der Waals surface area (Å²) in [7, 11) is 0. The van der Waals surface area contributed by atoms with E-state index in [0.29, 0.717) is 6.54 Å². The van der Waals surface area contributed by atoms with Crippen LogP contribution in [0.5, 0.6) is 0 Å². The van der Waals surface area contributed by atoms with Gasteiger partial charge in [0.25, 0.3) is 0 Å². The molecule has 0 saturated carbocycles. The van der Waals surface area contributed by atoms with Gasteiger partial charge in [0.1, 0.15) is 0 Å². The van der Waals surface area contributed by atoms with Crippen molar-refractivity contribution in [1.82, 2.24) is 9.97 Å². The van der Waals surface area contributed by atoms with Gasteiger partial charge in [0.2, 0.25) is 0 Å². The second-order valence-corrected chi connectivity index (χ2v) is 4.59. The molecule has 1 aromatic heterocycles. The molecule has 1 aliphatic rings. The molecule has 0 spiro atoms. The summed E-state index contributed by atoms with van der Waals surface area (Å²) in [5.74, 6) is 0.718. The SMILES string of the molecule is NCC1=CCCC(Cc2c[nH]c(=S)[nH]2)C1. The first-order chi connectivity index (χ1) is 7.28. The van der Waals surface area contributed by atoms with Crippen molar-refractivity contribution in [3.8, 4) is 0 Å². The third kappa shape index (κ3) is 2.79. The van der Waals surface area contributed by atoms with Crippen LogP contribution in [0.15, 0.2) is 17.8 Å². The molecule has 0 fully saturated rings. The molecule has 1 unspecified atom stereocenters. The fraction of sp³-hybridized carbons (Fsp3) is 0.545. The Morgan fingerprint density at radius 3 is 3.07 bits per heavy atom. The van der Waals surface area contributed by atoms with Crippen LogP contribution < -0.4 is 5.73 Å². The minimum atomic E-state index is 0.708. The summed E-state index contributed by atoms with van der Waals surface area (Å²) in [6.07, 6.45) is 8.91. The molecule has 15 heavy (non-hydrogen) atoms. The number of hydrogen-bond acceptors (Lipinski definition) is 2. The molecule has 1 atom stereocenters. The average Bonchev–Trinajstić information content (AvgIpc) is 2.64. The van der Waals surface area contributed by atoms with E-state index in [1.165, 1.54) is 24.1 Å². The first kappa shape index (κ1) is 10.6. The van der Waals surface area contributed by atoms with Gasteiger partial charge >= 0.3 is 0 Å². The van der Waals surface area contributed by atoms with Gasteiger partial charge in [-0.3, -0.25) is 0 Å². The fourth-order valence-corrected chi connectivity index (χ4v) is 2.40. The molecule has 2 rings (SSSR count). The number of H-pyrrole nitrogens is 2.